The highest BCUT2D eigenvalue weighted by Gasteiger charge is 2.20. The van der Waals surface area contributed by atoms with Crippen molar-refractivity contribution in [3.05, 3.63) is 53.6 Å². The predicted octanol–water partition coefficient (Wildman–Crippen LogP) is 2.77. The summed E-state index contributed by atoms with van der Waals surface area (Å²) in [6.45, 7) is 0.132. The Morgan fingerprint density at radius 1 is 1.24 bits per heavy atom. The van der Waals surface area contributed by atoms with Crippen molar-refractivity contribution in [3.63, 3.8) is 0 Å². The van der Waals surface area contributed by atoms with Crippen LogP contribution >= 0.6 is 0 Å². The normalized spacial score (nSPS) is 13.4. The van der Waals surface area contributed by atoms with Crippen LogP contribution in [0.4, 0.5) is 5.69 Å². The number of carboxylic acid groups (broad SMARTS) is 1. The molecule has 4 nitrogen and oxygen atoms in total. The zero-order chi connectivity index (χ0) is 14.8. The number of nitrogens with one attached hydrogen (secondary N) is 1. The molecule has 2 aromatic carbocycles. The van der Waals surface area contributed by atoms with E-state index in [1.54, 1.807) is 0 Å². The van der Waals surface area contributed by atoms with Gasteiger partial charge in [0.05, 0.1) is 6.61 Å². The Morgan fingerprint density at radius 2 is 2.00 bits per heavy atom. The summed E-state index contributed by atoms with van der Waals surface area (Å²) < 4.78 is 4.94. The van der Waals surface area contributed by atoms with E-state index < -0.39 is 12.0 Å². The van der Waals surface area contributed by atoms with Crippen molar-refractivity contribution in [1.29, 1.82) is 0 Å². The van der Waals surface area contributed by atoms with Crippen LogP contribution in [0.15, 0.2) is 42.5 Å². The molecule has 2 aromatic rings. The van der Waals surface area contributed by atoms with Gasteiger partial charge in [-0.15, -0.1) is 0 Å². The Labute approximate surface area is 123 Å². The third-order valence-electron chi connectivity index (χ3n) is 3.77. The van der Waals surface area contributed by atoms with Crippen LogP contribution in [0.2, 0.25) is 0 Å². The van der Waals surface area contributed by atoms with Gasteiger partial charge in [0, 0.05) is 12.8 Å². The summed E-state index contributed by atoms with van der Waals surface area (Å²) in [6, 6.07) is 13.6. The van der Waals surface area contributed by atoms with Crippen LogP contribution in [0.5, 0.6) is 0 Å². The molecule has 0 saturated carbocycles. The van der Waals surface area contributed by atoms with Crippen molar-refractivity contribution < 1.29 is 14.6 Å². The van der Waals surface area contributed by atoms with Crippen LogP contribution in [0.3, 0.4) is 0 Å². The molecule has 3 rings (SSSR count). The molecule has 4 heteroatoms. The zero-order valence-electron chi connectivity index (χ0n) is 11.8. The van der Waals surface area contributed by atoms with Crippen molar-refractivity contribution in [2.45, 2.75) is 12.5 Å². The molecule has 0 saturated heterocycles. The lowest BCUT2D eigenvalue weighted by Gasteiger charge is -2.15. The number of methoxy groups -OCH3 is 1. The highest BCUT2D eigenvalue weighted by Crippen LogP contribution is 2.37. The maximum atomic E-state index is 11.2. The van der Waals surface area contributed by atoms with E-state index in [9.17, 15) is 4.79 Å². The summed E-state index contributed by atoms with van der Waals surface area (Å²) in [5.74, 6) is -0.916. The molecule has 21 heavy (non-hydrogen) atoms. The Bertz CT molecular complexity index is 681. The summed E-state index contributed by atoms with van der Waals surface area (Å²) in [4.78, 5) is 11.2. The molecule has 1 aliphatic rings. The van der Waals surface area contributed by atoms with Crippen LogP contribution in [-0.2, 0) is 16.0 Å². The monoisotopic (exact) mass is 283 g/mol. The number of carbonyl (C=O) groups is 1. The van der Waals surface area contributed by atoms with E-state index in [-0.39, 0.29) is 6.61 Å². The lowest BCUT2D eigenvalue weighted by atomic mass is 10.1. The van der Waals surface area contributed by atoms with Gasteiger partial charge < -0.3 is 15.2 Å². The van der Waals surface area contributed by atoms with Crippen LogP contribution in [0.25, 0.3) is 11.1 Å². The van der Waals surface area contributed by atoms with E-state index in [1.165, 1.54) is 29.4 Å². The first kappa shape index (κ1) is 13.6. The van der Waals surface area contributed by atoms with E-state index >= 15 is 0 Å². The van der Waals surface area contributed by atoms with Crippen molar-refractivity contribution in [1.82, 2.24) is 0 Å². The molecule has 0 spiro atoms. The minimum absolute atomic E-state index is 0.132. The fourth-order valence-electron chi connectivity index (χ4n) is 2.78. The molecular formula is C17H17NO3. The molecule has 2 N–H and O–H groups in total. The second kappa shape index (κ2) is 5.58. The average Bonchev–Trinajstić information content (AvgIpc) is 2.84. The summed E-state index contributed by atoms with van der Waals surface area (Å²) >= 11 is 0. The van der Waals surface area contributed by atoms with Gasteiger partial charge >= 0.3 is 5.97 Å². The molecular weight excluding hydrogens is 266 g/mol. The van der Waals surface area contributed by atoms with Crippen molar-refractivity contribution in [3.8, 4) is 11.1 Å². The first-order chi connectivity index (χ1) is 10.2. The zero-order valence-corrected chi connectivity index (χ0v) is 11.8. The van der Waals surface area contributed by atoms with Crippen LogP contribution < -0.4 is 5.32 Å². The first-order valence-electron chi connectivity index (χ1n) is 6.88. The minimum Gasteiger partial charge on any atom is -0.480 e. The smallest absolute Gasteiger partial charge is 0.328 e. The van der Waals surface area contributed by atoms with Crippen molar-refractivity contribution in [2.24, 2.45) is 0 Å². The third kappa shape index (κ3) is 2.62. The number of aliphatic carboxylic acids is 1. The van der Waals surface area contributed by atoms with Gasteiger partial charge in [-0.25, -0.2) is 4.79 Å². The van der Waals surface area contributed by atoms with Gasteiger partial charge in [-0.2, -0.15) is 0 Å². The minimum atomic E-state index is -0.916. The lowest BCUT2D eigenvalue weighted by molar-refractivity contribution is -0.139. The van der Waals surface area contributed by atoms with Crippen LogP contribution in [-0.4, -0.2) is 30.8 Å². The number of hydrogen-bond donors (Lipinski definition) is 2. The topological polar surface area (TPSA) is 58.6 Å². The van der Waals surface area contributed by atoms with Gasteiger partial charge in [-0.05, 0) is 40.8 Å². The fraction of sp³-hybridized carbons (Fsp3) is 0.235. The Hall–Kier alpha value is -2.33. The van der Waals surface area contributed by atoms with Gasteiger partial charge in [0.15, 0.2) is 0 Å². The fourth-order valence-corrected chi connectivity index (χ4v) is 2.78. The lowest BCUT2D eigenvalue weighted by Crippen LogP contribution is -2.33. The highest BCUT2D eigenvalue weighted by molar-refractivity contribution is 5.81. The molecule has 1 atom stereocenters. The Morgan fingerprint density at radius 3 is 2.76 bits per heavy atom. The molecule has 0 bridgehead atoms. The highest BCUT2D eigenvalue weighted by atomic mass is 16.5. The molecule has 0 fully saturated rings. The van der Waals surface area contributed by atoms with Crippen LogP contribution in [0.1, 0.15) is 11.1 Å². The maximum absolute atomic E-state index is 11.2. The molecule has 0 aliphatic heterocycles. The van der Waals surface area contributed by atoms with E-state index in [1.807, 2.05) is 24.3 Å². The summed E-state index contributed by atoms with van der Waals surface area (Å²) in [6.07, 6.45) is 0.892. The molecule has 1 aliphatic carbocycles. The van der Waals surface area contributed by atoms with Gasteiger partial charge in [0.25, 0.3) is 0 Å². The standard InChI is InChI=1S/C17H17NO3/c1-21-10-16(17(19)20)18-13-6-7-15-12(9-13)8-11-4-2-3-5-14(11)15/h2-7,9,16,18H,8,10H2,1H3,(H,19,20). The largest absolute Gasteiger partial charge is 0.480 e. The SMILES string of the molecule is COCC(Nc1ccc2c(c1)Cc1ccccc1-2)C(=O)O. The molecule has 1 unspecified atom stereocenters. The molecule has 0 heterocycles. The van der Waals surface area contributed by atoms with Gasteiger partial charge in [-0.3, -0.25) is 0 Å². The molecule has 0 amide bonds. The Balaban J connectivity index is 1.85. The van der Waals surface area contributed by atoms with Gasteiger partial charge in [0.2, 0.25) is 0 Å². The quantitative estimate of drug-likeness (QED) is 0.756. The van der Waals surface area contributed by atoms with E-state index in [4.69, 9.17) is 9.84 Å². The molecule has 0 radical (unpaired) electrons. The number of benzene rings is 2. The number of fused-ring (bicyclic) bond motifs is 3. The number of carboxylic acids is 1. The second-order valence-electron chi connectivity index (χ2n) is 5.20. The van der Waals surface area contributed by atoms with Gasteiger partial charge in [0.1, 0.15) is 6.04 Å². The number of rotatable bonds is 5. The average molecular weight is 283 g/mol. The molecule has 0 aromatic heterocycles. The maximum Gasteiger partial charge on any atom is 0.328 e. The van der Waals surface area contributed by atoms with E-state index in [0.717, 1.165) is 12.1 Å². The number of hydrogen-bond acceptors (Lipinski definition) is 3. The number of ether oxygens (including phenoxy) is 1. The Kier molecular flexibility index (Phi) is 3.62. The van der Waals surface area contributed by atoms with Crippen molar-refractivity contribution >= 4 is 11.7 Å². The molecule has 108 valence electrons. The third-order valence-corrected chi connectivity index (χ3v) is 3.77. The summed E-state index contributed by atoms with van der Waals surface area (Å²) in [5.41, 5.74) is 5.85. The van der Waals surface area contributed by atoms with E-state index in [0.29, 0.717) is 0 Å². The summed E-state index contributed by atoms with van der Waals surface area (Å²) in [7, 11) is 1.50. The van der Waals surface area contributed by atoms with Gasteiger partial charge in [-0.1, -0.05) is 30.3 Å². The van der Waals surface area contributed by atoms with E-state index in [2.05, 4.69) is 23.5 Å². The number of anilines is 1. The second-order valence-corrected chi connectivity index (χ2v) is 5.20. The predicted molar refractivity (Wildman–Crippen MR) is 81.6 cm³/mol. The summed E-state index contributed by atoms with van der Waals surface area (Å²) in [5, 5.41) is 12.2. The first-order valence-corrected chi connectivity index (χ1v) is 6.88. The van der Waals surface area contributed by atoms with Crippen molar-refractivity contribution in [2.75, 3.05) is 19.0 Å². The van der Waals surface area contributed by atoms with Crippen LogP contribution in [0, 0.1) is 0 Å².